The fourth-order valence-electron chi connectivity index (χ4n) is 4.76. The van der Waals surface area contributed by atoms with Crippen molar-refractivity contribution in [3.8, 4) is 0 Å². The highest BCUT2D eigenvalue weighted by atomic mass is 15.2. The molecule has 2 atom stereocenters. The molecular formula is C28H51N3. The third-order valence-electron chi connectivity index (χ3n) is 6.57. The van der Waals surface area contributed by atoms with Crippen LogP contribution in [-0.4, -0.2) is 43.2 Å². The van der Waals surface area contributed by atoms with Gasteiger partial charge in [-0.05, 0) is 80.0 Å². The Bertz CT molecular complexity index is 614. The summed E-state index contributed by atoms with van der Waals surface area (Å²) < 4.78 is 0. The molecule has 1 aliphatic heterocycles. The van der Waals surface area contributed by atoms with Crippen LogP contribution >= 0.6 is 0 Å². The molecule has 0 aromatic heterocycles. The maximum absolute atomic E-state index is 6.46. The van der Waals surface area contributed by atoms with E-state index in [1.54, 1.807) is 0 Å². The molecule has 1 fully saturated rings. The average Bonchev–Trinajstić information content (AvgIpc) is 2.66. The van der Waals surface area contributed by atoms with Crippen molar-refractivity contribution in [2.75, 3.05) is 31.1 Å². The number of hydrogen-bond acceptors (Lipinski definition) is 3. The number of anilines is 1. The minimum atomic E-state index is 0.296. The summed E-state index contributed by atoms with van der Waals surface area (Å²) in [6.07, 6.45) is 7.34. The largest absolute Gasteiger partial charge is 0.367 e. The van der Waals surface area contributed by atoms with Crippen LogP contribution < -0.4 is 10.6 Å². The first-order valence-corrected chi connectivity index (χ1v) is 12.9. The summed E-state index contributed by atoms with van der Waals surface area (Å²) in [6.45, 7) is 20.8. The molecule has 2 unspecified atom stereocenters. The number of nitrogens with two attached hydrogens (primary N) is 1. The van der Waals surface area contributed by atoms with E-state index in [0.29, 0.717) is 23.4 Å². The molecule has 1 aliphatic rings. The SMILES string of the molecule is CC(C)CCN(c1ccc(CCC(C)(C)C)cc1)C1CCCN(CC(N)CC(C)C)C1. The van der Waals surface area contributed by atoms with Gasteiger partial charge in [-0.1, -0.05) is 60.6 Å². The van der Waals surface area contributed by atoms with Crippen LogP contribution in [0.3, 0.4) is 0 Å². The molecule has 0 saturated carbocycles. The summed E-state index contributed by atoms with van der Waals surface area (Å²) in [5, 5.41) is 0. The molecule has 0 spiro atoms. The van der Waals surface area contributed by atoms with Gasteiger partial charge in [0.15, 0.2) is 0 Å². The van der Waals surface area contributed by atoms with E-state index in [2.05, 4.69) is 82.5 Å². The van der Waals surface area contributed by atoms with Crippen molar-refractivity contribution in [2.24, 2.45) is 23.0 Å². The smallest absolute Gasteiger partial charge is 0.0417 e. The molecule has 31 heavy (non-hydrogen) atoms. The second-order valence-corrected chi connectivity index (χ2v) is 12.0. The van der Waals surface area contributed by atoms with Gasteiger partial charge in [0, 0.05) is 37.4 Å². The van der Waals surface area contributed by atoms with Crippen LogP contribution in [0.15, 0.2) is 24.3 Å². The zero-order valence-electron chi connectivity index (χ0n) is 21.7. The second-order valence-electron chi connectivity index (χ2n) is 12.0. The van der Waals surface area contributed by atoms with E-state index in [1.165, 1.54) is 49.9 Å². The standard InChI is InChI=1S/C28H51N3/c1-22(2)15-18-31(26-12-10-24(11-13-26)14-16-28(5,6)7)27-9-8-17-30(21-27)20-25(29)19-23(3)4/h10-13,22-23,25,27H,8-9,14-21,29H2,1-7H3. The van der Waals surface area contributed by atoms with Gasteiger partial charge in [0.05, 0.1) is 0 Å². The van der Waals surface area contributed by atoms with Crippen LogP contribution in [-0.2, 0) is 6.42 Å². The van der Waals surface area contributed by atoms with Gasteiger partial charge in [-0.3, -0.25) is 4.90 Å². The number of aryl methyl sites for hydroxylation is 1. The summed E-state index contributed by atoms with van der Waals surface area (Å²) in [6, 6.07) is 10.4. The lowest BCUT2D eigenvalue weighted by Crippen LogP contribution is -2.51. The van der Waals surface area contributed by atoms with Gasteiger partial charge < -0.3 is 10.6 Å². The van der Waals surface area contributed by atoms with Crippen molar-refractivity contribution in [1.29, 1.82) is 0 Å². The van der Waals surface area contributed by atoms with Gasteiger partial charge in [-0.2, -0.15) is 0 Å². The first-order valence-electron chi connectivity index (χ1n) is 12.9. The van der Waals surface area contributed by atoms with Crippen molar-refractivity contribution < 1.29 is 0 Å². The molecule has 2 rings (SSSR count). The van der Waals surface area contributed by atoms with Crippen LogP contribution in [0.25, 0.3) is 0 Å². The van der Waals surface area contributed by atoms with Crippen LogP contribution in [0, 0.1) is 17.3 Å². The Hall–Kier alpha value is -1.06. The summed E-state index contributed by atoms with van der Waals surface area (Å²) >= 11 is 0. The Morgan fingerprint density at radius 1 is 1.06 bits per heavy atom. The monoisotopic (exact) mass is 429 g/mol. The van der Waals surface area contributed by atoms with Crippen molar-refractivity contribution >= 4 is 5.69 Å². The molecule has 2 N–H and O–H groups in total. The van der Waals surface area contributed by atoms with Crippen LogP contribution in [0.4, 0.5) is 5.69 Å². The molecule has 0 radical (unpaired) electrons. The molecule has 3 heteroatoms. The fourth-order valence-corrected chi connectivity index (χ4v) is 4.76. The molecule has 1 saturated heterocycles. The maximum atomic E-state index is 6.46. The number of piperidine rings is 1. The van der Waals surface area contributed by atoms with E-state index < -0.39 is 0 Å². The predicted molar refractivity (Wildman–Crippen MR) is 138 cm³/mol. The van der Waals surface area contributed by atoms with E-state index >= 15 is 0 Å². The van der Waals surface area contributed by atoms with E-state index in [4.69, 9.17) is 5.73 Å². The third-order valence-corrected chi connectivity index (χ3v) is 6.57. The molecule has 0 amide bonds. The van der Waals surface area contributed by atoms with Gasteiger partial charge >= 0.3 is 0 Å². The minimum absolute atomic E-state index is 0.296. The lowest BCUT2D eigenvalue weighted by atomic mass is 9.88. The highest BCUT2D eigenvalue weighted by Gasteiger charge is 2.26. The zero-order valence-corrected chi connectivity index (χ0v) is 21.7. The molecular weight excluding hydrogens is 378 g/mol. The van der Waals surface area contributed by atoms with Gasteiger partial charge in [0.2, 0.25) is 0 Å². The number of hydrogen-bond donors (Lipinski definition) is 1. The first-order chi connectivity index (χ1) is 14.5. The van der Waals surface area contributed by atoms with Gasteiger partial charge in [0.25, 0.3) is 0 Å². The normalized spacial score (nSPS) is 19.2. The zero-order chi connectivity index (χ0) is 23.0. The fraction of sp³-hybridized carbons (Fsp3) is 0.786. The van der Waals surface area contributed by atoms with E-state index in [0.717, 1.165) is 32.0 Å². The number of nitrogens with zero attached hydrogens (tertiary/aromatic N) is 2. The highest BCUT2D eigenvalue weighted by molar-refractivity contribution is 5.49. The molecule has 1 heterocycles. The first kappa shape index (κ1) is 26.2. The summed E-state index contributed by atoms with van der Waals surface area (Å²) in [4.78, 5) is 5.33. The van der Waals surface area contributed by atoms with E-state index in [1.807, 2.05) is 0 Å². The third kappa shape index (κ3) is 9.95. The van der Waals surface area contributed by atoms with E-state index in [-0.39, 0.29) is 0 Å². The van der Waals surface area contributed by atoms with Gasteiger partial charge in [-0.25, -0.2) is 0 Å². The van der Waals surface area contributed by atoms with E-state index in [9.17, 15) is 0 Å². The topological polar surface area (TPSA) is 32.5 Å². The van der Waals surface area contributed by atoms with Crippen LogP contribution in [0.2, 0.25) is 0 Å². The Morgan fingerprint density at radius 2 is 1.74 bits per heavy atom. The van der Waals surface area contributed by atoms with Crippen LogP contribution in [0.5, 0.6) is 0 Å². The maximum Gasteiger partial charge on any atom is 0.0417 e. The molecule has 3 nitrogen and oxygen atoms in total. The molecule has 178 valence electrons. The average molecular weight is 430 g/mol. The summed E-state index contributed by atoms with van der Waals surface area (Å²) in [5.74, 6) is 1.41. The molecule has 1 aromatic rings. The molecule has 1 aromatic carbocycles. The predicted octanol–water partition coefficient (Wildman–Crippen LogP) is 6.36. The number of benzene rings is 1. The van der Waals surface area contributed by atoms with Gasteiger partial charge in [-0.15, -0.1) is 0 Å². The van der Waals surface area contributed by atoms with Crippen molar-refractivity contribution in [2.45, 2.75) is 99.1 Å². The highest BCUT2D eigenvalue weighted by Crippen LogP contribution is 2.27. The Morgan fingerprint density at radius 3 is 2.32 bits per heavy atom. The van der Waals surface area contributed by atoms with Gasteiger partial charge in [0.1, 0.15) is 0 Å². The Labute approximate surface area is 193 Å². The number of rotatable bonds is 11. The minimum Gasteiger partial charge on any atom is -0.367 e. The van der Waals surface area contributed by atoms with Crippen molar-refractivity contribution in [3.63, 3.8) is 0 Å². The Balaban J connectivity index is 2.06. The molecule has 0 bridgehead atoms. The summed E-state index contributed by atoms with van der Waals surface area (Å²) in [5.41, 5.74) is 9.72. The summed E-state index contributed by atoms with van der Waals surface area (Å²) in [7, 11) is 0. The lowest BCUT2D eigenvalue weighted by Gasteiger charge is -2.42. The van der Waals surface area contributed by atoms with Crippen molar-refractivity contribution in [3.05, 3.63) is 29.8 Å². The lowest BCUT2D eigenvalue weighted by molar-refractivity contribution is 0.187. The quantitative estimate of drug-likeness (QED) is 0.444. The van der Waals surface area contributed by atoms with Crippen LogP contribution in [0.1, 0.15) is 86.1 Å². The van der Waals surface area contributed by atoms with Crippen molar-refractivity contribution in [1.82, 2.24) is 4.90 Å². The molecule has 0 aliphatic carbocycles. The number of likely N-dealkylation sites (tertiary alicyclic amines) is 1. The second kappa shape index (κ2) is 12.3. The Kier molecular flexibility index (Phi) is 10.4.